The van der Waals surface area contributed by atoms with Gasteiger partial charge in [-0.1, -0.05) is 23.2 Å². The zero-order valence-corrected chi connectivity index (χ0v) is 17.1. The summed E-state index contributed by atoms with van der Waals surface area (Å²) in [6.45, 7) is 1.47. The number of hydrogen-bond donors (Lipinski definition) is 1. The van der Waals surface area contributed by atoms with Crippen molar-refractivity contribution in [2.45, 2.75) is 6.92 Å². The maximum absolute atomic E-state index is 11.8. The fourth-order valence-corrected chi connectivity index (χ4v) is 3.00. The Labute approximate surface area is 181 Å². The van der Waals surface area contributed by atoms with Crippen molar-refractivity contribution in [1.82, 2.24) is 5.43 Å². The molecule has 8 nitrogen and oxygen atoms in total. The van der Waals surface area contributed by atoms with Crippen molar-refractivity contribution in [3.05, 3.63) is 80.0 Å². The Balaban J connectivity index is 1.56. The van der Waals surface area contributed by atoms with E-state index in [1.165, 1.54) is 24.4 Å². The van der Waals surface area contributed by atoms with Crippen LogP contribution in [0.2, 0.25) is 10.0 Å². The van der Waals surface area contributed by atoms with E-state index in [0.717, 1.165) is 5.56 Å². The number of nitrogens with one attached hydrogen (secondary N) is 1. The molecule has 1 N–H and O–H groups in total. The number of hydrogen-bond acceptors (Lipinski definition) is 6. The lowest BCUT2D eigenvalue weighted by molar-refractivity contribution is -0.384. The van der Waals surface area contributed by atoms with Gasteiger partial charge in [0, 0.05) is 22.7 Å². The summed E-state index contributed by atoms with van der Waals surface area (Å²) in [6, 6.07) is 12.5. The lowest BCUT2D eigenvalue weighted by Crippen LogP contribution is -2.24. The molecular formula is C20H15Cl2N3O5. The molecule has 0 unspecified atom stereocenters. The van der Waals surface area contributed by atoms with Crippen LogP contribution in [0.3, 0.4) is 0 Å². The zero-order chi connectivity index (χ0) is 21.7. The summed E-state index contributed by atoms with van der Waals surface area (Å²) in [5, 5.41) is 15.4. The second-order valence-corrected chi connectivity index (χ2v) is 6.96. The van der Waals surface area contributed by atoms with Gasteiger partial charge in [-0.3, -0.25) is 14.9 Å². The van der Waals surface area contributed by atoms with Crippen LogP contribution in [-0.2, 0) is 4.79 Å². The quantitative estimate of drug-likeness (QED) is 0.311. The van der Waals surface area contributed by atoms with Gasteiger partial charge in [-0.05, 0) is 48.9 Å². The monoisotopic (exact) mass is 447 g/mol. The van der Waals surface area contributed by atoms with E-state index in [2.05, 4.69) is 10.5 Å². The molecule has 1 amide bonds. The summed E-state index contributed by atoms with van der Waals surface area (Å²) in [4.78, 5) is 22.2. The first-order chi connectivity index (χ1) is 14.3. The number of aryl methyl sites for hydroxylation is 1. The van der Waals surface area contributed by atoms with Crippen LogP contribution in [0.1, 0.15) is 11.3 Å². The van der Waals surface area contributed by atoms with Crippen LogP contribution in [0.4, 0.5) is 5.69 Å². The van der Waals surface area contributed by atoms with Crippen molar-refractivity contribution in [2.24, 2.45) is 5.10 Å². The second-order valence-electron chi connectivity index (χ2n) is 6.11. The van der Waals surface area contributed by atoms with Gasteiger partial charge in [0.05, 0.1) is 16.2 Å². The van der Waals surface area contributed by atoms with Gasteiger partial charge in [-0.25, -0.2) is 5.43 Å². The maximum Gasteiger partial charge on any atom is 0.277 e. The molecule has 3 aromatic rings. The van der Waals surface area contributed by atoms with Gasteiger partial charge in [0.2, 0.25) is 0 Å². The first-order valence-corrected chi connectivity index (χ1v) is 9.34. The fourth-order valence-electron chi connectivity index (χ4n) is 2.54. The Hall–Kier alpha value is -3.36. The van der Waals surface area contributed by atoms with E-state index >= 15 is 0 Å². The van der Waals surface area contributed by atoms with Crippen molar-refractivity contribution >= 4 is 41.0 Å². The van der Waals surface area contributed by atoms with Gasteiger partial charge in [-0.15, -0.1) is 0 Å². The van der Waals surface area contributed by atoms with E-state index in [4.69, 9.17) is 32.4 Å². The molecule has 2 aromatic carbocycles. The number of furan rings is 1. The topological polar surface area (TPSA) is 107 Å². The number of nitro benzene ring substituents is 1. The van der Waals surface area contributed by atoms with Gasteiger partial charge in [0.15, 0.2) is 6.61 Å². The smallest absolute Gasteiger partial charge is 0.277 e. The summed E-state index contributed by atoms with van der Waals surface area (Å²) in [5.41, 5.74) is 3.74. The molecule has 0 saturated heterocycles. The number of amides is 1. The van der Waals surface area contributed by atoms with Gasteiger partial charge < -0.3 is 9.15 Å². The second kappa shape index (κ2) is 9.43. The van der Waals surface area contributed by atoms with E-state index in [-0.39, 0.29) is 12.3 Å². The third-order valence-corrected chi connectivity index (χ3v) is 4.48. The first kappa shape index (κ1) is 21.4. The normalized spacial score (nSPS) is 10.9. The largest absolute Gasteiger partial charge is 0.482 e. The van der Waals surface area contributed by atoms with E-state index in [1.807, 2.05) is 0 Å². The third kappa shape index (κ3) is 5.37. The molecule has 1 aromatic heterocycles. The fraction of sp³-hybridized carbons (Fsp3) is 0.100. The molecular weight excluding hydrogens is 433 g/mol. The van der Waals surface area contributed by atoms with E-state index < -0.39 is 10.8 Å². The average Bonchev–Trinajstić information content (AvgIpc) is 3.15. The molecule has 0 aliphatic heterocycles. The third-order valence-electron chi connectivity index (χ3n) is 3.95. The highest BCUT2D eigenvalue weighted by Gasteiger charge is 2.12. The van der Waals surface area contributed by atoms with E-state index in [1.54, 1.807) is 37.3 Å². The van der Waals surface area contributed by atoms with Gasteiger partial charge >= 0.3 is 0 Å². The zero-order valence-electron chi connectivity index (χ0n) is 15.6. The van der Waals surface area contributed by atoms with Crippen molar-refractivity contribution in [3.8, 4) is 17.1 Å². The van der Waals surface area contributed by atoms with Crippen molar-refractivity contribution in [3.63, 3.8) is 0 Å². The predicted octanol–water partition coefficient (Wildman–Crippen LogP) is 5.00. The Morgan fingerprint density at radius 1 is 1.23 bits per heavy atom. The minimum atomic E-state index is -0.491. The molecule has 154 valence electrons. The minimum absolute atomic E-state index is 0.00871. The molecule has 0 fully saturated rings. The summed E-state index contributed by atoms with van der Waals surface area (Å²) >= 11 is 11.8. The number of carbonyl (C=O) groups is 1. The molecule has 0 atom stereocenters. The number of hydrazone groups is 1. The predicted molar refractivity (Wildman–Crippen MR) is 113 cm³/mol. The summed E-state index contributed by atoms with van der Waals surface area (Å²) in [7, 11) is 0. The van der Waals surface area contributed by atoms with Crippen LogP contribution in [0.15, 0.2) is 58.0 Å². The number of ether oxygens (including phenoxy) is 1. The molecule has 0 bridgehead atoms. The number of benzene rings is 2. The van der Waals surface area contributed by atoms with Crippen molar-refractivity contribution in [2.75, 3.05) is 6.61 Å². The van der Waals surface area contributed by atoms with Crippen LogP contribution < -0.4 is 10.2 Å². The molecule has 0 aliphatic rings. The standard InChI is InChI=1S/C20H15Cl2N3O5/c1-12-8-14(25(27)28)3-5-16(12)18-7-4-15(30-18)10-23-24-20(26)11-29-19-6-2-13(21)9-17(19)22/h2-10H,11H2,1H3,(H,24,26)/b23-10-. The highest BCUT2D eigenvalue weighted by atomic mass is 35.5. The highest BCUT2D eigenvalue weighted by molar-refractivity contribution is 6.35. The Kier molecular flexibility index (Phi) is 6.71. The van der Waals surface area contributed by atoms with Crippen LogP contribution >= 0.6 is 23.2 Å². The minimum Gasteiger partial charge on any atom is -0.482 e. The van der Waals surface area contributed by atoms with Gasteiger partial charge in [0.1, 0.15) is 17.3 Å². The molecule has 10 heteroatoms. The Morgan fingerprint density at radius 3 is 2.73 bits per heavy atom. The Morgan fingerprint density at radius 2 is 2.03 bits per heavy atom. The van der Waals surface area contributed by atoms with Crippen molar-refractivity contribution < 1.29 is 18.9 Å². The lowest BCUT2D eigenvalue weighted by Gasteiger charge is -2.06. The number of nitro groups is 1. The SMILES string of the molecule is Cc1cc([N+](=O)[O-])ccc1-c1ccc(/C=N\NC(=O)COc2ccc(Cl)cc2Cl)o1. The van der Waals surface area contributed by atoms with Crippen LogP contribution in [0, 0.1) is 17.0 Å². The first-order valence-electron chi connectivity index (χ1n) is 8.58. The van der Waals surface area contributed by atoms with Crippen LogP contribution in [0.25, 0.3) is 11.3 Å². The lowest BCUT2D eigenvalue weighted by atomic mass is 10.1. The number of non-ortho nitro benzene ring substituents is 1. The highest BCUT2D eigenvalue weighted by Crippen LogP contribution is 2.28. The van der Waals surface area contributed by atoms with E-state index in [0.29, 0.717) is 32.9 Å². The number of carbonyl (C=O) groups excluding carboxylic acids is 1. The van der Waals surface area contributed by atoms with Crippen LogP contribution in [-0.4, -0.2) is 23.7 Å². The van der Waals surface area contributed by atoms with E-state index in [9.17, 15) is 14.9 Å². The molecule has 3 rings (SSSR count). The number of nitrogens with zero attached hydrogens (tertiary/aromatic N) is 2. The number of rotatable bonds is 7. The summed E-state index contributed by atoms with van der Waals surface area (Å²) in [6.07, 6.45) is 1.33. The summed E-state index contributed by atoms with van der Waals surface area (Å²) < 4.78 is 11.0. The average molecular weight is 448 g/mol. The molecule has 0 saturated carbocycles. The summed E-state index contributed by atoms with van der Waals surface area (Å²) in [5.74, 6) is 0.755. The molecule has 30 heavy (non-hydrogen) atoms. The molecule has 0 aliphatic carbocycles. The molecule has 0 radical (unpaired) electrons. The Bertz CT molecular complexity index is 1130. The van der Waals surface area contributed by atoms with Crippen molar-refractivity contribution in [1.29, 1.82) is 0 Å². The molecule has 0 spiro atoms. The maximum atomic E-state index is 11.8. The van der Waals surface area contributed by atoms with Gasteiger partial charge in [-0.2, -0.15) is 5.10 Å². The van der Waals surface area contributed by atoms with Gasteiger partial charge in [0.25, 0.3) is 11.6 Å². The number of halogens is 2. The van der Waals surface area contributed by atoms with Crippen LogP contribution in [0.5, 0.6) is 5.75 Å². The molecule has 1 heterocycles.